The minimum absolute atomic E-state index is 0.00653. The normalized spacial score (nSPS) is 17.2. The second-order valence-electron chi connectivity index (χ2n) is 3.78. The van der Waals surface area contributed by atoms with Crippen LogP contribution in [0, 0.1) is 0 Å². The van der Waals surface area contributed by atoms with Crippen molar-refractivity contribution in [1.29, 1.82) is 0 Å². The van der Waals surface area contributed by atoms with Gasteiger partial charge in [0.05, 0.1) is 12.5 Å². The van der Waals surface area contributed by atoms with E-state index < -0.39 is 5.41 Å². The molecule has 0 saturated heterocycles. The fourth-order valence-electron chi connectivity index (χ4n) is 1.67. The molecule has 0 aliphatic heterocycles. The maximum atomic E-state index is 11.0. The smallest absolute Gasteiger partial charge is 0.160 e. The summed E-state index contributed by atoms with van der Waals surface area (Å²) in [5.41, 5.74) is 0.298. The molecule has 4 heteroatoms. The first kappa shape index (κ1) is 10.3. The third-order valence-electron chi connectivity index (χ3n) is 2.82. The molecule has 15 heavy (non-hydrogen) atoms. The van der Waals surface area contributed by atoms with Gasteiger partial charge in [0.1, 0.15) is 6.29 Å². The van der Waals surface area contributed by atoms with Gasteiger partial charge >= 0.3 is 0 Å². The van der Waals surface area contributed by atoms with Gasteiger partial charge in [-0.2, -0.15) is 0 Å². The number of aromatic hydroxyl groups is 1. The molecule has 2 rings (SSSR count). The van der Waals surface area contributed by atoms with E-state index in [-0.39, 0.29) is 5.75 Å². The Labute approximate surface area is 92.6 Å². The van der Waals surface area contributed by atoms with Crippen molar-refractivity contribution in [3.63, 3.8) is 0 Å². The minimum atomic E-state index is -0.446. The lowest BCUT2D eigenvalue weighted by atomic mass is 9.97. The van der Waals surface area contributed by atoms with Crippen molar-refractivity contribution in [2.24, 2.45) is 0 Å². The summed E-state index contributed by atoms with van der Waals surface area (Å²) < 4.78 is 4.98. The summed E-state index contributed by atoms with van der Waals surface area (Å²) in [7, 11) is 1.47. The molecule has 1 aliphatic rings. The molecule has 1 aliphatic carbocycles. The van der Waals surface area contributed by atoms with E-state index in [0.29, 0.717) is 10.8 Å². The molecule has 1 saturated carbocycles. The van der Waals surface area contributed by atoms with Gasteiger partial charge in [-0.1, -0.05) is 11.6 Å². The Hall–Kier alpha value is -1.22. The van der Waals surface area contributed by atoms with Gasteiger partial charge in [-0.25, -0.2) is 0 Å². The highest BCUT2D eigenvalue weighted by atomic mass is 35.5. The summed E-state index contributed by atoms with van der Waals surface area (Å²) in [5, 5.41) is 9.89. The molecular formula is C11H11ClO3. The molecule has 80 valence electrons. The number of hydrogen-bond acceptors (Lipinski definition) is 3. The van der Waals surface area contributed by atoms with E-state index >= 15 is 0 Å². The molecule has 0 spiro atoms. The molecule has 0 heterocycles. The summed E-state index contributed by atoms with van der Waals surface area (Å²) in [6, 6.07) is 3.05. The molecule has 3 nitrogen and oxygen atoms in total. The quantitative estimate of drug-likeness (QED) is 0.805. The summed E-state index contributed by atoms with van der Waals surface area (Å²) in [4.78, 5) is 11.0. The van der Waals surface area contributed by atoms with Crippen molar-refractivity contribution in [3.8, 4) is 11.5 Å². The maximum Gasteiger partial charge on any atom is 0.160 e. The highest BCUT2D eigenvalue weighted by Crippen LogP contribution is 2.50. The van der Waals surface area contributed by atoms with Crippen LogP contribution in [0.4, 0.5) is 0 Å². The number of aldehydes is 1. The predicted octanol–water partition coefficient (Wildman–Crippen LogP) is 2.28. The van der Waals surface area contributed by atoms with Crippen LogP contribution in [0.5, 0.6) is 11.5 Å². The number of phenolic OH excluding ortho intramolecular Hbond substituents is 1. The maximum absolute atomic E-state index is 11.0. The van der Waals surface area contributed by atoms with Crippen molar-refractivity contribution in [3.05, 3.63) is 22.7 Å². The zero-order chi connectivity index (χ0) is 11.1. The minimum Gasteiger partial charge on any atom is -0.504 e. The number of ether oxygens (including phenoxy) is 1. The fraction of sp³-hybridized carbons (Fsp3) is 0.364. The van der Waals surface area contributed by atoms with Gasteiger partial charge < -0.3 is 14.6 Å². The average Bonchev–Trinajstić information content (AvgIpc) is 2.99. The van der Waals surface area contributed by atoms with Crippen molar-refractivity contribution in [2.45, 2.75) is 18.3 Å². The second kappa shape index (κ2) is 3.42. The third kappa shape index (κ3) is 1.57. The number of carbonyl (C=O) groups excluding carboxylic acids is 1. The molecule has 0 radical (unpaired) electrons. The van der Waals surface area contributed by atoms with Gasteiger partial charge in [-0.15, -0.1) is 0 Å². The topological polar surface area (TPSA) is 46.5 Å². The van der Waals surface area contributed by atoms with Crippen LogP contribution in [-0.2, 0) is 10.2 Å². The molecular weight excluding hydrogens is 216 g/mol. The van der Waals surface area contributed by atoms with Gasteiger partial charge in [-0.05, 0) is 24.5 Å². The van der Waals surface area contributed by atoms with E-state index in [1.54, 1.807) is 6.07 Å². The Morgan fingerprint density at radius 2 is 2.20 bits per heavy atom. The fourth-order valence-corrected chi connectivity index (χ4v) is 2.02. The molecule has 1 fully saturated rings. The second-order valence-corrected chi connectivity index (χ2v) is 4.19. The van der Waals surface area contributed by atoms with Crippen LogP contribution in [0.2, 0.25) is 5.02 Å². The Balaban J connectivity index is 2.52. The van der Waals surface area contributed by atoms with Gasteiger partial charge in [-0.3, -0.25) is 0 Å². The first-order chi connectivity index (χ1) is 7.13. The lowest BCUT2D eigenvalue weighted by Gasteiger charge is -2.12. The Morgan fingerprint density at radius 1 is 1.53 bits per heavy atom. The summed E-state index contributed by atoms with van der Waals surface area (Å²) in [6.07, 6.45) is 2.54. The number of phenols is 1. The highest BCUT2D eigenvalue weighted by Gasteiger charge is 2.46. The van der Waals surface area contributed by atoms with Crippen molar-refractivity contribution in [2.75, 3.05) is 7.11 Å². The molecule has 1 aromatic rings. The van der Waals surface area contributed by atoms with Crippen molar-refractivity contribution < 1.29 is 14.6 Å². The van der Waals surface area contributed by atoms with Crippen LogP contribution in [-0.4, -0.2) is 18.5 Å². The monoisotopic (exact) mass is 226 g/mol. The lowest BCUT2D eigenvalue weighted by molar-refractivity contribution is -0.109. The molecule has 0 aromatic heterocycles. The Morgan fingerprint density at radius 3 is 2.67 bits per heavy atom. The van der Waals surface area contributed by atoms with E-state index in [1.807, 2.05) is 0 Å². The number of carbonyl (C=O) groups is 1. The average molecular weight is 227 g/mol. The summed E-state index contributed by atoms with van der Waals surface area (Å²) >= 11 is 5.99. The standard InChI is InChI=1S/C11H11ClO3/c1-15-10-4-7(8(12)5-9(10)14)11(6-13)2-3-11/h4-6,14H,2-3H2,1H3. The van der Waals surface area contributed by atoms with Gasteiger partial charge in [0.2, 0.25) is 0 Å². The van der Waals surface area contributed by atoms with Crippen molar-refractivity contribution in [1.82, 2.24) is 0 Å². The first-order valence-electron chi connectivity index (χ1n) is 4.66. The van der Waals surface area contributed by atoms with Crippen molar-refractivity contribution >= 4 is 17.9 Å². The zero-order valence-electron chi connectivity index (χ0n) is 8.29. The largest absolute Gasteiger partial charge is 0.504 e. The Kier molecular flexibility index (Phi) is 2.35. The van der Waals surface area contributed by atoms with E-state index in [4.69, 9.17) is 16.3 Å². The van der Waals surface area contributed by atoms with Crippen LogP contribution in [0.25, 0.3) is 0 Å². The van der Waals surface area contributed by atoms with E-state index in [9.17, 15) is 9.90 Å². The molecule has 0 unspecified atom stereocenters. The van der Waals surface area contributed by atoms with E-state index in [1.165, 1.54) is 13.2 Å². The van der Waals surface area contributed by atoms with Crippen LogP contribution in [0.1, 0.15) is 18.4 Å². The van der Waals surface area contributed by atoms with Gasteiger partial charge in [0.25, 0.3) is 0 Å². The lowest BCUT2D eigenvalue weighted by Crippen LogP contribution is -2.08. The number of rotatable bonds is 3. The number of hydrogen-bond donors (Lipinski definition) is 1. The van der Waals surface area contributed by atoms with Crippen LogP contribution < -0.4 is 4.74 Å². The van der Waals surface area contributed by atoms with E-state index in [2.05, 4.69) is 0 Å². The predicted molar refractivity (Wildman–Crippen MR) is 56.6 cm³/mol. The highest BCUT2D eigenvalue weighted by molar-refractivity contribution is 6.32. The SMILES string of the molecule is COc1cc(C2(C=O)CC2)c(Cl)cc1O. The third-order valence-corrected chi connectivity index (χ3v) is 3.13. The molecule has 1 aromatic carbocycles. The van der Waals surface area contributed by atoms with Crippen LogP contribution >= 0.6 is 11.6 Å². The first-order valence-corrected chi connectivity index (χ1v) is 5.04. The van der Waals surface area contributed by atoms with Crippen LogP contribution in [0.3, 0.4) is 0 Å². The summed E-state index contributed by atoms with van der Waals surface area (Å²) in [6.45, 7) is 0. The number of benzene rings is 1. The molecule has 0 amide bonds. The van der Waals surface area contributed by atoms with Gasteiger partial charge in [0, 0.05) is 11.1 Å². The van der Waals surface area contributed by atoms with E-state index in [0.717, 1.165) is 24.7 Å². The molecule has 0 bridgehead atoms. The summed E-state index contributed by atoms with van der Waals surface area (Å²) in [5.74, 6) is 0.343. The van der Waals surface area contributed by atoms with Gasteiger partial charge in [0.15, 0.2) is 11.5 Å². The number of halogens is 1. The Bertz CT molecular complexity index is 411. The van der Waals surface area contributed by atoms with Crippen LogP contribution in [0.15, 0.2) is 12.1 Å². The zero-order valence-corrected chi connectivity index (χ0v) is 9.04. The molecule has 0 atom stereocenters. The molecule has 1 N–H and O–H groups in total. The number of methoxy groups -OCH3 is 1.